The molecule has 2 aromatic carbocycles. The summed E-state index contributed by atoms with van der Waals surface area (Å²) in [6.45, 7) is 7.30. The smallest absolute Gasteiger partial charge is 0.335 e. The van der Waals surface area contributed by atoms with Gasteiger partial charge in [0, 0.05) is 38.8 Å². The lowest BCUT2D eigenvalue weighted by atomic mass is 10.1. The first-order chi connectivity index (χ1) is 11.6. The normalized spacial score (nSPS) is 19.3. The Morgan fingerprint density at radius 2 is 1.67 bits per heavy atom. The SMILES string of the molecule is C[C@@H]1CN(Cc2ccccc2)CCN1Cc1ccc(C(=O)O)cc1. The summed E-state index contributed by atoms with van der Waals surface area (Å²) in [5.41, 5.74) is 2.88. The molecule has 0 amide bonds. The van der Waals surface area contributed by atoms with Crippen molar-refractivity contribution in [3.8, 4) is 0 Å². The minimum Gasteiger partial charge on any atom is -0.478 e. The molecule has 1 aliphatic rings. The molecule has 0 aliphatic carbocycles. The number of piperazine rings is 1. The second-order valence-corrected chi connectivity index (χ2v) is 6.54. The Hall–Kier alpha value is -2.17. The van der Waals surface area contributed by atoms with E-state index >= 15 is 0 Å². The van der Waals surface area contributed by atoms with Crippen LogP contribution in [0.1, 0.15) is 28.4 Å². The van der Waals surface area contributed by atoms with Gasteiger partial charge in [-0.25, -0.2) is 4.79 Å². The summed E-state index contributed by atoms with van der Waals surface area (Å²) in [5.74, 6) is -0.871. The van der Waals surface area contributed by atoms with Crippen molar-refractivity contribution in [1.82, 2.24) is 9.80 Å². The monoisotopic (exact) mass is 324 g/mol. The molecule has 1 aliphatic heterocycles. The summed E-state index contributed by atoms with van der Waals surface area (Å²) in [4.78, 5) is 15.9. The Kier molecular flexibility index (Phi) is 5.28. The molecule has 4 nitrogen and oxygen atoms in total. The van der Waals surface area contributed by atoms with Crippen LogP contribution < -0.4 is 0 Å². The Morgan fingerprint density at radius 3 is 2.29 bits per heavy atom. The third-order valence-electron chi connectivity index (χ3n) is 4.68. The van der Waals surface area contributed by atoms with Crippen molar-refractivity contribution >= 4 is 5.97 Å². The number of rotatable bonds is 5. The maximum Gasteiger partial charge on any atom is 0.335 e. The van der Waals surface area contributed by atoms with Gasteiger partial charge in [0.05, 0.1) is 5.56 Å². The van der Waals surface area contributed by atoms with Crippen molar-refractivity contribution in [2.75, 3.05) is 19.6 Å². The molecule has 24 heavy (non-hydrogen) atoms. The van der Waals surface area contributed by atoms with Gasteiger partial charge in [-0.2, -0.15) is 0 Å². The zero-order chi connectivity index (χ0) is 16.9. The molecule has 1 N–H and O–H groups in total. The molecule has 0 radical (unpaired) electrons. The van der Waals surface area contributed by atoms with Crippen LogP contribution in [0.2, 0.25) is 0 Å². The van der Waals surface area contributed by atoms with Crippen LogP contribution in [-0.2, 0) is 13.1 Å². The molecule has 0 aromatic heterocycles. The number of nitrogens with zero attached hydrogens (tertiary/aromatic N) is 2. The predicted octanol–water partition coefficient (Wildman–Crippen LogP) is 3.09. The van der Waals surface area contributed by atoms with E-state index in [9.17, 15) is 4.79 Å². The fourth-order valence-corrected chi connectivity index (χ4v) is 3.28. The minimum absolute atomic E-state index is 0.347. The minimum atomic E-state index is -0.871. The highest BCUT2D eigenvalue weighted by Crippen LogP contribution is 2.16. The summed E-state index contributed by atoms with van der Waals surface area (Å²) in [5, 5.41) is 8.97. The molecule has 2 aromatic rings. The first-order valence-electron chi connectivity index (χ1n) is 8.44. The van der Waals surface area contributed by atoms with Gasteiger partial charge < -0.3 is 5.11 Å². The van der Waals surface area contributed by atoms with Crippen molar-refractivity contribution in [3.05, 3.63) is 71.3 Å². The Morgan fingerprint density at radius 1 is 1.00 bits per heavy atom. The lowest BCUT2D eigenvalue weighted by Crippen LogP contribution is -2.50. The van der Waals surface area contributed by atoms with E-state index in [0.717, 1.165) is 32.7 Å². The summed E-state index contributed by atoms with van der Waals surface area (Å²) in [7, 11) is 0. The van der Waals surface area contributed by atoms with E-state index in [1.54, 1.807) is 12.1 Å². The Balaban J connectivity index is 1.55. The van der Waals surface area contributed by atoms with Gasteiger partial charge in [-0.15, -0.1) is 0 Å². The van der Waals surface area contributed by atoms with E-state index < -0.39 is 5.97 Å². The molecule has 0 unspecified atom stereocenters. The number of aromatic carboxylic acids is 1. The van der Waals surface area contributed by atoms with Gasteiger partial charge in [-0.1, -0.05) is 42.5 Å². The van der Waals surface area contributed by atoms with Crippen molar-refractivity contribution in [2.24, 2.45) is 0 Å². The van der Waals surface area contributed by atoms with E-state index in [1.807, 2.05) is 12.1 Å². The maximum absolute atomic E-state index is 10.9. The molecule has 0 spiro atoms. The third-order valence-corrected chi connectivity index (χ3v) is 4.68. The van der Waals surface area contributed by atoms with E-state index in [4.69, 9.17) is 5.11 Å². The van der Waals surface area contributed by atoms with Gasteiger partial charge in [0.1, 0.15) is 0 Å². The van der Waals surface area contributed by atoms with Gasteiger partial charge in [0.2, 0.25) is 0 Å². The van der Waals surface area contributed by atoms with Gasteiger partial charge in [0.25, 0.3) is 0 Å². The molecule has 0 saturated carbocycles. The molecule has 1 heterocycles. The predicted molar refractivity (Wildman–Crippen MR) is 95.0 cm³/mol. The average molecular weight is 324 g/mol. The molecule has 1 fully saturated rings. The second-order valence-electron chi connectivity index (χ2n) is 6.54. The van der Waals surface area contributed by atoms with Gasteiger partial charge in [-0.3, -0.25) is 9.80 Å². The summed E-state index contributed by atoms with van der Waals surface area (Å²) >= 11 is 0. The second kappa shape index (κ2) is 7.60. The number of hydrogen-bond donors (Lipinski definition) is 1. The van der Waals surface area contributed by atoms with Crippen molar-refractivity contribution in [3.63, 3.8) is 0 Å². The van der Waals surface area contributed by atoms with Crippen LogP contribution in [0.4, 0.5) is 0 Å². The highest BCUT2D eigenvalue weighted by Gasteiger charge is 2.23. The van der Waals surface area contributed by atoms with Crippen LogP contribution >= 0.6 is 0 Å². The van der Waals surface area contributed by atoms with Gasteiger partial charge in [0.15, 0.2) is 0 Å². The molecule has 1 atom stereocenters. The molecule has 3 rings (SSSR count). The summed E-state index contributed by atoms with van der Waals surface area (Å²) in [6, 6.07) is 18.3. The van der Waals surface area contributed by atoms with Crippen molar-refractivity contribution in [2.45, 2.75) is 26.1 Å². The average Bonchev–Trinajstić information content (AvgIpc) is 2.59. The molecule has 126 valence electrons. The Labute approximate surface area is 143 Å². The van der Waals surface area contributed by atoms with Crippen LogP contribution in [0, 0.1) is 0 Å². The highest BCUT2D eigenvalue weighted by atomic mass is 16.4. The molecule has 4 heteroatoms. The Bertz CT molecular complexity index is 670. The van der Waals surface area contributed by atoms with Gasteiger partial charge >= 0.3 is 5.97 Å². The zero-order valence-electron chi connectivity index (χ0n) is 14.1. The fourth-order valence-electron chi connectivity index (χ4n) is 3.28. The van der Waals surface area contributed by atoms with E-state index in [2.05, 4.69) is 47.1 Å². The van der Waals surface area contributed by atoms with E-state index in [1.165, 1.54) is 11.1 Å². The number of hydrogen-bond acceptors (Lipinski definition) is 3. The summed E-state index contributed by atoms with van der Waals surface area (Å²) in [6.07, 6.45) is 0. The lowest BCUT2D eigenvalue weighted by Gasteiger charge is -2.40. The standard InChI is InChI=1S/C20H24N2O2/c1-16-13-21(14-17-5-3-2-4-6-17)11-12-22(16)15-18-7-9-19(10-8-18)20(23)24/h2-10,16H,11-15H2,1H3,(H,23,24)/t16-/m1/s1. The molecule has 1 saturated heterocycles. The van der Waals surface area contributed by atoms with Crippen LogP contribution in [0.15, 0.2) is 54.6 Å². The quantitative estimate of drug-likeness (QED) is 0.918. The highest BCUT2D eigenvalue weighted by molar-refractivity contribution is 5.87. The van der Waals surface area contributed by atoms with E-state index in [0.29, 0.717) is 11.6 Å². The van der Waals surface area contributed by atoms with Crippen LogP contribution in [0.5, 0.6) is 0 Å². The topological polar surface area (TPSA) is 43.8 Å². The van der Waals surface area contributed by atoms with Gasteiger partial charge in [-0.05, 0) is 30.2 Å². The summed E-state index contributed by atoms with van der Waals surface area (Å²) < 4.78 is 0. The van der Waals surface area contributed by atoms with Crippen molar-refractivity contribution < 1.29 is 9.90 Å². The first-order valence-corrected chi connectivity index (χ1v) is 8.44. The van der Waals surface area contributed by atoms with E-state index in [-0.39, 0.29) is 0 Å². The van der Waals surface area contributed by atoms with Crippen LogP contribution in [0.25, 0.3) is 0 Å². The number of carboxylic acid groups (broad SMARTS) is 1. The molecular formula is C20H24N2O2. The third kappa shape index (κ3) is 4.22. The fraction of sp³-hybridized carbons (Fsp3) is 0.350. The van der Waals surface area contributed by atoms with Crippen molar-refractivity contribution in [1.29, 1.82) is 0 Å². The zero-order valence-corrected chi connectivity index (χ0v) is 14.1. The number of carbonyl (C=O) groups is 1. The molecular weight excluding hydrogens is 300 g/mol. The first kappa shape index (κ1) is 16.7. The number of carboxylic acids is 1. The maximum atomic E-state index is 10.9. The van der Waals surface area contributed by atoms with Crippen LogP contribution in [-0.4, -0.2) is 46.6 Å². The lowest BCUT2D eigenvalue weighted by molar-refractivity contribution is 0.0695. The largest absolute Gasteiger partial charge is 0.478 e. The van der Waals surface area contributed by atoms with Crippen LogP contribution in [0.3, 0.4) is 0 Å². The molecule has 0 bridgehead atoms. The number of benzene rings is 2.